The second kappa shape index (κ2) is 5.64. The number of anilines is 2. The number of rotatable bonds is 4. The predicted molar refractivity (Wildman–Crippen MR) is 79.9 cm³/mol. The summed E-state index contributed by atoms with van der Waals surface area (Å²) in [5, 5.41) is 3.01. The van der Waals surface area contributed by atoms with Crippen molar-refractivity contribution >= 4 is 11.5 Å². The van der Waals surface area contributed by atoms with E-state index in [4.69, 9.17) is 5.73 Å². The van der Waals surface area contributed by atoms with Crippen LogP contribution >= 0.6 is 0 Å². The van der Waals surface area contributed by atoms with Crippen molar-refractivity contribution in [2.24, 2.45) is 0 Å². The van der Waals surface area contributed by atoms with E-state index in [0.717, 1.165) is 11.1 Å². The molecule has 0 aliphatic rings. The van der Waals surface area contributed by atoms with E-state index >= 15 is 0 Å². The van der Waals surface area contributed by atoms with Gasteiger partial charge < -0.3 is 11.1 Å². The van der Waals surface area contributed by atoms with E-state index in [-0.39, 0.29) is 11.5 Å². The molecule has 0 aliphatic carbocycles. The lowest BCUT2D eigenvalue weighted by Crippen LogP contribution is -2.33. The van der Waals surface area contributed by atoms with E-state index in [1.807, 2.05) is 31.2 Å². The molecule has 6 heteroatoms. The zero-order chi connectivity index (χ0) is 14.7. The third kappa shape index (κ3) is 2.59. The van der Waals surface area contributed by atoms with Crippen LogP contribution in [0.4, 0.5) is 11.5 Å². The lowest BCUT2D eigenvalue weighted by molar-refractivity contribution is 0.706. The number of H-pyrrole nitrogens is 1. The molecule has 0 unspecified atom stereocenters. The van der Waals surface area contributed by atoms with Gasteiger partial charge in [-0.3, -0.25) is 14.3 Å². The van der Waals surface area contributed by atoms with E-state index in [1.165, 1.54) is 4.57 Å². The van der Waals surface area contributed by atoms with Gasteiger partial charge in [-0.25, -0.2) is 4.79 Å². The molecule has 20 heavy (non-hydrogen) atoms. The van der Waals surface area contributed by atoms with Crippen molar-refractivity contribution < 1.29 is 0 Å². The van der Waals surface area contributed by atoms with Gasteiger partial charge in [-0.1, -0.05) is 24.3 Å². The van der Waals surface area contributed by atoms with Crippen LogP contribution in [0.15, 0.2) is 33.9 Å². The number of hydrogen-bond acceptors (Lipinski definition) is 4. The second-order valence-electron chi connectivity index (χ2n) is 4.54. The number of nitrogens with zero attached hydrogens (tertiary/aromatic N) is 1. The second-order valence-corrected chi connectivity index (χ2v) is 4.54. The van der Waals surface area contributed by atoms with Crippen LogP contribution in [-0.4, -0.2) is 9.55 Å². The zero-order valence-corrected chi connectivity index (χ0v) is 11.6. The largest absolute Gasteiger partial charge is 0.383 e. The maximum absolute atomic E-state index is 11.8. The van der Waals surface area contributed by atoms with Crippen molar-refractivity contribution in [2.75, 3.05) is 11.1 Å². The summed E-state index contributed by atoms with van der Waals surface area (Å²) in [6.07, 6.45) is 0. The van der Waals surface area contributed by atoms with Gasteiger partial charge in [0.05, 0.1) is 0 Å². The predicted octanol–water partition coefficient (Wildman–Crippen LogP) is 1.06. The van der Waals surface area contributed by atoms with Crippen molar-refractivity contribution in [3.8, 4) is 0 Å². The van der Waals surface area contributed by atoms with E-state index in [2.05, 4.69) is 10.3 Å². The topological polar surface area (TPSA) is 92.9 Å². The minimum absolute atomic E-state index is 0.162. The molecule has 2 aromatic rings. The molecule has 4 N–H and O–H groups in total. The fourth-order valence-electron chi connectivity index (χ4n) is 2.06. The maximum atomic E-state index is 11.8. The highest BCUT2D eigenvalue weighted by molar-refractivity contribution is 5.60. The number of aryl methyl sites for hydroxylation is 1. The summed E-state index contributed by atoms with van der Waals surface area (Å²) < 4.78 is 1.32. The Bertz CT molecular complexity index is 731. The van der Waals surface area contributed by atoms with Crippen molar-refractivity contribution in [1.82, 2.24) is 9.55 Å². The Hall–Kier alpha value is -2.50. The average molecular weight is 274 g/mol. The van der Waals surface area contributed by atoms with Crippen LogP contribution in [0.25, 0.3) is 0 Å². The van der Waals surface area contributed by atoms with Crippen molar-refractivity contribution in [1.29, 1.82) is 0 Å². The highest BCUT2D eigenvalue weighted by Crippen LogP contribution is 2.13. The van der Waals surface area contributed by atoms with Crippen LogP contribution in [0.5, 0.6) is 0 Å². The zero-order valence-electron chi connectivity index (χ0n) is 11.6. The van der Waals surface area contributed by atoms with Gasteiger partial charge in [0.1, 0.15) is 11.5 Å². The molecule has 1 aromatic carbocycles. The van der Waals surface area contributed by atoms with Crippen LogP contribution in [0.3, 0.4) is 0 Å². The summed E-state index contributed by atoms with van der Waals surface area (Å²) in [4.78, 5) is 25.7. The van der Waals surface area contributed by atoms with Crippen molar-refractivity contribution in [3.05, 3.63) is 56.2 Å². The van der Waals surface area contributed by atoms with Gasteiger partial charge in [0.15, 0.2) is 0 Å². The SMILES string of the molecule is CCn1c(N)c(NCc2ccccc2C)c(=O)[nH]c1=O. The number of nitrogens with two attached hydrogens (primary N) is 1. The highest BCUT2D eigenvalue weighted by atomic mass is 16.2. The molecule has 0 atom stereocenters. The summed E-state index contributed by atoms with van der Waals surface area (Å²) >= 11 is 0. The van der Waals surface area contributed by atoms with E-state index in [1.54, 1.807) is 6.92 Å². The monoisotopic (exact) mass is 274 g/mol. The third-order valence-electron chi connectivity index (χ3n) is 3.27. The first-order valence-corrected chi connectivity index (χ1v) is 6.45. The van der Waals surface area contributed by atoms with Gasteiger partial charge in [0.2, 0.25) is 0 Å². The van der Waals surface area contributed by atoms with Crippen LogP contribution in [0.2, 0.25) is 0 Å². The third-order valence-corrected chi connectivity index (χ3v) is 3.27. The smallest absolute Gasteiger partial charge is 0.330 e. The Morgan fingerprint density at radius 1 is 1.30 bits per heavy atom. The first kappa shape index (κ1) is 13.9. The van der Waals surface area contributed by atoms with Crippen molar-refractivity contribution in [3.63, 3.8) is 0 Å². The van der Waals surface area contributed by atoms with E-state index in [9.17, 15) is 9.59 Å². The van der Waals surface area contributed by atoms with Gasteiger partial charge >= 0.3 is 5.69 Å². The van der Waals surface area contributed by atoms with E-state index < -0.39 is 11.2 Å². The highest BCUT2D eigenvalue weighted by Gasteiger charge is 2.11. The first-order valence-electron chi connectivity index (χ1n) is 6.45. The van der Waals surface area contributed by atoms with Crippen LogP contribution in [0.1, 0.15) is 18.1 Å². The van der Waals surface area contributed by atoms with Gasteiger partial charge in [-0.2, -0.15) is 0 Å². The lowest BCUT2D eigenvalue weighted by atomic mass is 10.1. The maximum Gasteiger partial charge on any atom is 0.330 e. The number of nitrogens with one attached hydrogen (secondary N) is 2. The normalized spacial score (nSPS) is 10.5. The van der Waals surface area contributed by atoms with Gasteiger partial charge in [0, 0.05) is 13.1 Å². The van der Waals surface area contributed by atoms with Gasteiger partial charge in [0.25, 0.3) is 5.56 Å². The Labute approximate surface area is 116 Å². The number of aromatic amines is 1. The first-order chi connectivity index (χ1) is 9.54. The van der Waals surface area contributed by atoms with Crippen molar-refractivity contribution in [2.45, 2.75) is 26.9 Å². The molecule has 0 aliphatic heterocycles. The molecular weight excluding hydrogens is 256 g/mol. The molecule has 0 saturated heterocycles. The molecule has 0 fully saturated rings. The quantitative estimate of drug-likeness (QED) is 0.777. The lowest BCUT2D eigenvalue weighted by Gasteiger charge is -2.13. The number of nitrogen functional groups attached to an aromatic ring is 1. The number of hydrogen-bond donors (Lipinski definition) is 3. The standard InChI is InChI=1S/C14H18N4O2/c1-3-18-12(15)11(13(19)17-14(18)20)16-8-10-7-5-4-6-9(10)2/h4-7,16H,3,8,15H2,1-2H3,(H,17,19,20). The van der Waals surface area contributed by atoms with E-state index in [0.29, 0.717) is 13.1 Å². The molecule has 0 bridgehead atoms. The fraction of sp³-hybridized carbons (Fsp3) is 0.286. The molecule has 0 radical (unpaired) electrons. The number of benzene rings is 1. The van der Waals surface area contributed by atoms with Crippen LogP contribution in [-0.2, 0) is 13.1 Å². The molecule has 2 rings (SSSR count). The summed E-state index contributed by atoms with van der Waals surface area (Å²) in [7, 11) is 0. The molecule has 1 aromatic heterocycles. The summed E-state index contributed by atoms with van der Waals surface area (Å²) in [5.41, 5.74) is 7.32. The molecule has 1 heterocycles. The Balaban J connectivity index is 2.33. The Morgan fingerprint density at radius 2 is 2.00 bits per heavy atom. The summed E-state index contributed by atoms with van der Waals surface area (Å²) in [6, 6.07) is 7.86. The molecule has 106 valence electrons. The van der Waals surface area contributed by atoms with Gasteiger partial charge in [-0.05, 0) is 25.0 Å². The molecule has 0 saturated carbocycles. The minimum atomic E-state index is -0.495. The fourth-order valence-corrected chi connectivity index (χ4v) is 2.06. The molecule has 0 spiro atoms. The van der Waals surface area contributed by atoms with Crippen LogP contribution in [0, 0.1) is 6.92 Å². The Kier molecular flexibility index (Phi) is 3.93. The Morgan fingerprint density at radius 3 is 2.65 bits per heavy atom. The molecular formula is C14H18N4O2. The number of aromatic nitrogens is 2. The average Bonchev–Trinajstić information content (AvgIpc) is 2.40. The van der Waals surface area contributed by atoms with Gasteiger partial charge in [-0.15, -0.1) is 0 Å². The van der Waals surface area contributed by atoms with Crippen LogP contribution < -0.4 is 22.3 Å². The minimum Gasteiger partial charge on any atom is -0.383 e. The molecule has 6 nitrogen and oxygen atoms in total. The summed E-state index contributed by atoms with van der Waals surface area (Å²) in [5.74, 6) is 0.162. The molecule has 0 amide bonds. The summed E-state index contributed by atoms with van der Waals surface area (Å²) in [6.45, 7) is 4.67.